The average Bonchev–Trinajstić information content (AvgIpc) is 2.03. The summed E-state index contributed by atoms with van der Waals surface area (Å²) < 4.78 is 0. The molecule has 0 saturated carbocycles. The molecule has 0 aromatic heterocycles. The lowest BCUT2D eigenvalue weighted by molar-refractivity contribution is 0.310. The van der Waals surface area contributed by atoms with Crippen molar-refractivity contribution >= 4 is 5.84 Å². The van der Waals surface area contributed by atoms with Gasteiger partial charge in [-0.05, 0) is 27.2 Å². The van der Waals surface area contributed by atoms with Crippen LogP contribution in [0.15, 0.2) is 5.16 Å². The molecule has 0 radical (unpaired) electrons. The van der Waals surface area contributed by atoms with Crippen molar-refractivity contribution < 1.29 is 5.21 Å². The van der Waals surface area contributed by atoms with E-state index in [0.29, 0.717) is 6.42 Å². The number of hydrogen-bond donors (Lipinski definition) is 3. The van der Waals surface area contributed by atoms with E-state index in [2.05, 4.69) is 31.2 Å². The Hall–Kier alpha value is -0.770. The molecule has 13 heavy (non-hydrogen) atoms. The summed E-state index contributed by atoms with van der Waals surface area (Å²) in [6.07, 6.45) is 1.62. The van der Waals surface area contributed by atoms with Gasteiger partial charge in [0.2, 0.25) is 0 Å². The lowest BCUT2D eigenvalue weighted by atomic mass is 10.00. The Labute approximate surface area is 80.2 Å². The fourth-order valence-corrected chi connectivity index (χ4v) is 1.17. The van der Waals surface area contributed by atoms with Crippen molar-refractivity contribution in [3.8, 4) is 0 Å². The second-order valence-electron chi connectivity index (χ2n) is 4.08. The van der Waals surface area contributed by atoms with Crippen molar-refractivity contribution in [3.05, 3.63) is 0 Å². The summed E-state index contributed by atoms with van der Waals surface area (Å²) in [4.78, 5) is 0. The maximum atomic E-state index is 8.37. The minimum absolute atomic E-state index is 0.106. The van der Waals surface area contributed by atoms with E-state index in [1.807, 2.05) is 6.92 Å². The first-order valence-electron chi connectivity index (χ1n) is 4.65. The molecule has 0 fully saturated rings. The number of nitrogens with one attached hydrogen (secondary N) is 1. The summed E-state index contributed by atoms with van der Waals surface area (Å²) in [6.45, 7) is 8.42. The SMILES string of the molecule is CCC(C)(C)NC(C)CC(N)=NO. The molecule has 0 aliphatic heterocycles. The Kier molecular flexibility index (Phi) is 4.77. The van der Waals surface area contributed by atoms with Gasteiger partial charge in [0.25, 0.3) is 0 Å². The molecule has 0 heterocycles. The molecule has 0 bridgehead atoms. The van der Waals surface area contributed by atoms with Crippen LogP contribution in [0.5, 0.6) is 0 Å². The van der Waals surface area contributed by atoms with Crippen LogP contribution in [0.4, 0.5) is 0 Å². The molecule has 4 nitrogen and oxygen atoms in total. The highest BCUT2D eigenvalue weighted by Gasteiger charge is 2.17. The van der Waals surface area contributed by atoms with E-state index in [0.717, 1.165) is 6.42 Å². The van der Waals surface area contributed by atoms with E-state index in [1.54, 1.807) is 0 Å². The van der Waals surface area contributed by atoms with Crippen LogP contribution in [0.3, 0.4) is 0 Å². The van der Waals surface area contributed by atoms with Gasteiger partial charge in [-0.1, -0.05) is 12.1 Å². The first kappa shape index (κ1) is 12.2. The Balaban J connectivity index is 3.94. The number of nitrogens with two attached hydrogens (primary N) is 1. The van der Waals surface area contributed by atoms with Crippen molar-refractivity contribution in [2.75, 3.05) is 0 Å². The monoisotopic (exact) mass is 187 g/mol. The summed E-state index contributed by atoms with van der Waals surface area (Å²) in [5, 5.41) is 14.7. The van der Waals surface area contributed by atoms with E-state index >= 15 is 0 Å². The predicted molar refractivity (Wildman–Crippen MR) is 55.0 cm³/mol. The lowest BCUT2D eigenvalue weighted by Crippen LogP contribution is -2.45. The second kappa shape index (κ2) is 5.07. The highest BCUT2D eigenvalue weighted by Crippen LogP contribution is 2.09. The highest BCUT2D eigenvalue weighted by atomic mass is 16.4. The van der Waals surface area contributed by atoms with Crippen LogP contribution in [-0.2, 0) is 0 Å². The third kappa shape index (κ3) is 5.47. The Morgan fingerprint density at radius 2 is 2.15 bits per heavy atom. The van der Waals surface area contributed by atoms with Gasteiger partial charge < -0.3 is 16.3 Å². The Morgan fingerprint density at radius 1 is 1.62 bits per heavy atom. The van der Waals surface area contributed by atoms with Crippen LogP contribution in [0.25, 0.3) is 0 Å². The molecule has 0 rings (SSSR count). The van der Waals surface area contributed by atoms with Crippen LogP contribution in [0.2, 0.25) is 0 Å². The summed E-state index contributed by atoms with van der Waals surface area (Å²) >= 11 is 0. The van der Waals surface area contributed by atoms with Gasteiger partial charge >= 0.3 is 0 Å². The van der Waals surface area contributed by atoms with Crippen molar-refractivity contribution in [3.63, 3.8) is 0 Å². The second-order valence-corrected chi connectivity index (χ2v) is 4.08. The first-order chi connectivity index (χ1) is 5.91. The maximum absolute atomic E-state index is 8.37. The Bertz CT molecular complexity index is 178. The van der Waals surface area contributed by atoms with E-state index in [4.69, 9.17) is 10.9 Å². The zero-order chi connectivity index (χ0) is 10.5. The first-order valence-corrected chi connectivity index (χ1v) is 4.65. The topological polar surface area (TPSA) is 70.6 Å². The molecular formula is C9H21N3O. The molecule has 1 atom stereocenters. The van der Waals surface area contributed by atoms with E-state index < -0.39 is 0 Å². The van der Waals surface area contributed by atoms with E-state index in [-0.39, 0.29) is 17.4 Å². The quantitative estimate of drug-likeness (QED) is 0.263. The van der Waals surface area contributed by atoms with E-state index in [9.17, 15) is 0 Å². The molecule has 0 saturated heterocycles. The van der Waals surface area contributed by atoms with Crippen molar-refractivity contribution in [2.24, 2.45) is 10.9 Å². The Morgan fingerprint density at radius 3 is 2.54 bits per heavy atom. The van der Waals surface area contributed by atoms with Gasteiger partial charge in [0.15, 0.2) is 0 Å². The zero-order valence-corrected chi connectivity index (χ0v) is 8.96. The van der Waals surface area contributed by atoms with Gasteiger partial charge in [-0.25, -0.2) is 0 Å². The summed E-state index contributed by atoms with van der Waals surface area (Å²) in [5.74, 6) is 0.270. The van der Waals surface area contributed by atoms with Crippen molar-refractivity contribution in [1.29, 1.82) is 0 Å². The summed E-state index contributed by atoms with van der Waals surface area (Å²) in [5.41, 5.74) is 5.50. The minimum atomic E-state index is 0.106. The van der Waals surface area contributed by atoms with Gasteiger partial charge in [0.05, 0.1) is 0 Å². The van der Waals surface area contributed by atoms with Crippen LogP contribution < -0.4 is 11.1 Å². The molecule has 0 amide bonds. The molecule has 0 aromatic rings. The number of oxime groups is 1. The van der Waals surface area contributed by atoms with Crippen molar-refractivity contribution in [1.82, 2.24) is 5.32 Å². The van der Waals surface area contributed by atoms with Gasteiger partial charge in [-0.15, -0.1) is 0 Å². The van der Waals surface area contributed by atoms with Gasteiger partial charge in [0, 0.05) is 18.0 Å². The number of rotatable bonds is 5. The number of amidine groups is 1. The normalized spacial score (nSPS) is 15.8. The summed E-state index contributed by atoms with van der Waals surface area (Å²) in [7, 11) is 0. The smallest absolute Gasteiger partial charge is 0.140 e. The highest BCUT2D eigenvalue weighted by molar-refractivity contribution is 5.80. The molecular weight excluding hydrogens is 166 g/mol. The molecule has 4 heteroatoms. The number of hydrogen-bond acceptors (Lipinski definition) is 3. The van der Waals surface area contributed by atoms with Gasteiger partial charge in [-0.2, -0.15) is 0 Å². The van der Waals surface area contributed by atoms with Gasteiger partial charge in [0.1, 0.15) is 5.84 Å². The molecule has 0 aliphatic carbocycles. The van der Waals surface area contributed by atoms with Crippen molar-refractivity contribution in [2.45, 2.75) is 52.1 Å². The largest absolute Gasteiger partial charge is 0.409 e. The molecule has 0 aromatic carbocycles. The third-order valence-corrected chi connectivity index (χ3v) is 2.16. The summed E-state index contributed by atoms with van der Waals surface area (Å²) in [6, 6.07) is 0.228. The van der Waals surface area contributed by atoms with Crippen LogP contribution >= 0.6 is 0 Å². The molecule has 4 N–H and O–H groups in total. The van der Waals surface area contributed by atoms with Crippen LogP contribution in [0, 0.1) is 0 Å². The number of nitrogens with zero attached hydrogens (tertiary/aromatic N) is 1. The van der Waals surface area contributed by atoms with E-state index in [1.165, 1.54) is 0 Å². The van der Waals surface area contributed by atoms with Gasteiger partial charge in [-0.3, -0.25) is 0 Å². The molecule has 1 unspecified atom stereocenters. The lowest BCUT2D eigenvalue weighted by Gasteiger charge is -2.28. The zero-order valence-electron chi connectivity index (χ0n) is 8.96. The van der Waals surface area contributed by atoms with Crippen LogP contribution in [-0.4, -0.2) is 22.6 Å². The molecule has 0 aliphatic rings. The average molecular weight is 187 g/mol. The maximum Gasteiger partial charge on any atom is 0.140 e. The molecule has 78 valence electrons. The standard InChI is InChI=1S/C9H21N3O/c1-5-9(3,4)11-7(2)6-8(10)12-13/h7,11,13H,5-6H2,1-4H3,(H2,10,12). The third-order valence-electron chi connectivity index (χ3n) is 2.16. The molecule has 0 spiro atoms. The van der Waals surface area contributed by atoms with Crippen LogP contribution in [0.1, 0.15) is 40.5 Å². The fourth-order valence-electron chi connectivity index (χ4n) is 1.17. The predicted octanol–water partition coefficient (Wildman–Crippen LogP) is 1.29. The minimum Gasteiger partial charge on any atom is -0.409 e. The fraction of sp³-hybridized carbons (Fsp3) is 0.889.